The van der Waals surface area contributed by atoms with Crippen molar-refractivity contribution >= 4 is 29.0 Å². The number of imide groups is 1. The molecule has 1 saturated heterocycles. The topological polar surface area (TPSA) is 63.2 Å². The summed E-state index contributed by atoms with van der Waals surface area (Å²) >= 11 is 1.30. The molecule has 1 aromatic carbocycles. The summed E-state index contributed by atoms with van der Waals surface area (Å²) in [6.45, 7) is 2.16. The Bertz CT molecular complexity index is 742. The molecule has 118 valence electrons. The molecule has 6 heteroatoms. The van der Waals surface area contributed by atoms with Crippen molar-refractivity contribution in [1.82, 2.24) is 9.59 Å². The largest absolute Gasteiger partial charge is 0.274 e. The second kappa shape index (κ2) is 5.53. The molecule has 1 saturated carbocycles. The predicted molar refractivity (Wildman–Crippen MR) is 87.8 cm³/mol. The van der Waals surface area contributed by atoms with Crippen LogP contribution in [0, 0.1) is 17.8 Å². The van der Waals surface area contributed by atoms with E-state index in [4.69, 9.17) is 0 Å². The maximum atomic E-state index is 12.7. The highest BCUT2D eigenvalue weighted by Gasteiger charge is 2.49. The third kappa shape index (κ3) is 2.37. The van der Waals surface area contributed by atoms with E-state index in [1.165, 1.54) is 16.4 Å². The fourth-order valence-corrected chi connectivity index (χ4v) is 4.18. The number of rotatable bonds is 2. The number of hydrogen-bond donors (Lipinski definition) is 0. The summed E-state index contributed by atoms with van der Waals surface area (Å²) in [4.78, 5) is 26.7. The van der Waals surface area contributed by atoms with Gasteiger partial charge in [-0.15, -0.1) is 5.10 Å². The fourth-order valence-electron chi connectivity index (χ4n) is 3.72. The van der Waals surface area contributed by atoms with Crippen LogP contribution in [-0.4, -0.2) is 21.4 Å². The zero-order valence-corrected chi connectivity index (χ0v) is 13.6. The van der Waals surface area contributed by atoms with Crippen molar-refractivity contribution in [1.29, 1.82) is 0 Å². The highest BCUT2D eigenvalue weighted by molar-refractivity contribution is 7.03. The van der Waals surface area contributed by atoms with Gasteiger partial charge in [-0.2, -0.15) is 0 Å². The number of nitrogens with zero attached hydrogens (tertiary/aromatic N) is 3. The van der Waals surface area contributed by atoms with Crippen molar-refractivity contribution in [2.45, 2.75) is 26.2 Å². The van der Waals surface area contributed by atoms with Gasteiger partial charge in [0.2, 0.25) is 11.8 Å². The van der Waals surface area contributed by atoms with Gasteiger partial charge in [0.25, 0.3) is 0 Å². The van der Waals surface area contributed by atoms with Crippen molar-refractivity contribution in [2.75, 3.05) is 4.90 Å². The first kappa shape index (κ1) is 14.5. The molecule has 4 rings (SSSR count). The summed E-state index contributed by atoms with van der Waals surface area (Å²) in [6, 6.07) is 7.42. The van der Waals surface area contributed by atoms with E-state index in [1.807, 2.05) is 29.6 Å². The van der Waals surface area contributed by atoms with Crippen LogP contribution in [0.5, 0.6) is 0 Å². The van der Waals surface area contributed by atoms with Crippen LogP contribution >= 0.6 is 11.5 Å². The molecular weight excluding hydrogens is 310 g/mol. The van der Waals surface area contributed by atoms with Crippen molar-refractivity contribution in [2.24, 2.45) is 17.8 Å². The van der Waals surface area contributed by atoms with Gasteiger partial charge in [-0.3, -0.25) is 14.5 Å². The van der Waals surface area contributed by atoms with Crippen molar-refractivity contribution in [3.05, 3.63) is 29.6 Å². The molecule has 2 aliphatic rings. The molecule has 2 heterocycles. The molecule has 3 atom stereocenters. The molecule has 5 nitrogen and oxygen atoms in total. The van der Waals surface area contributed by atoms with Gasteiger partial charge in [-0.25, -0.2) is 0 Å². The standard InChI is InChI=1S/C17H17N3O2S/c1-10-2-7-13-14(8-10)17(22)20(16(13)21)12-5-3-11(4-6-12)15-9-23-19-18-15/h3-6,9-10,13-14H,2,7-8H2,1H3/t10-,13-,14+/m0/s1. The van der Waals surface area contributed by atoms with Gasteiger partial charge in [0.15, 0.2) is 0 Å². The van der Waals surface area contributed by atoms with Gasteiger partial charge in [-0.1, -0.05) is 23.5 Å². The van der Waals surface area contributed by atoms with Crippen LogP contribution in [0.25, 0.3) is 11.3 Å². The zero-order valence-electron chi connectivity index (χ0n) is 12.8. The van der Waals surface area contributed by atoms with Crippen molar-refractivity contribution in [3.8, 4) is 11.3 Å². The third-order valence-corrected chi connectivity index (χ3v) is 5.47. The number of carbonyl (C=O) groups is 2. The Morgan fingerprint density at radius 3 is 2.52 bits per heavy atom. The van der Waals surface area contributed by atoms with Gasteiger partial charge in [0.1, 0.15) is 5.69 Å². The number of amides is 2. The number of aromatic nitrogens is 2. The smallest absolute Gasteiger partial charge is 0.237 e. The van der Waals surface area contributed by atoms with Crippen LogP contribution in [0.4, 0.5) is 5.69 Å². The second-order valence-corrected chi connectivity index (χ2v) is 7.09. The molecule has 0 N–H and O–H groups in total. The molecule has 1 aliphatic heterocycles. The summed E-state index contributed by atoms with van der Waals surface area (Å²) in [6.07, 6.45) is 2.69. The number of benzene rings is 1. The van der Waals surface area contributed by atoms with E-state index in [1.54, 1.807) is 0 Å². The minimum Gasteiger partial charge on any atom is -0.274 e. The van der Waals surface area contributed by atoms with Crippen LogP contribution in [0.2, 0.25) is 0 Å². The summed E-state index contributed by atoms with van der Waals surface area (Å²) < 4.78 is 3.85. The van der Waals surface area contributed by atoms with Gasteiger partial charge >= 0.3 is 0 Å². The highest BCUT2D eigenvalue weighted by atomic mass is 32.1. The van der Waals surface area contributed by atoms with Crippen LogP contribution in [0.1, 0.15) is 26.2 Å². The van der Waals surface area contributed by atoms with Gasteiger partial charge in [-0.05, 0) is 48.8 Å². The Balaban J connectivity index is 1.62. The van der Waals surface area contributed by atoms with Gasteiger partial charge in [0, 0.05) is 10.9 Å². The van der Waals surface area contributed by atoms with Gasteiger partial charge < -0.3 is 0 Å². The lowest BCUT2D eigenvalue weighted by molar-refractivity contribution is -0.122. The number of anilines is 1. The number of hydrogen-bond acceptors (Lipinski definition) is 5. The molecule has 0 bridgehead atoms. The molecule has 23 heavy (non-hydrogen) atoms. The van der Waals surface area contributed by atoms with Gasteiger partial charge in [0.05, 0.1) is 17.5 Å². The second-order valence-electron chi connectivity index (χ2n) is 6.48. The monoisotopic (exact) mass is 327 g/mol. The van der Waals surface area contributed by atoms with Crippen LogP contribution < -0.4 is 4.90 Å². The fraction of sp³-hybridized carbons (Fsp3) is 0.412. The molecule has 2 fully saturated rings. The Morgan fingerprint density at radius 1 is 1.09 bits per heavy atom. The molecule has 2 aromatic rings. The lowest BCUT2D eigenvalue weighted by atomic mass is 9.76. The highest BCUT2D eigenvalue weighted by Crippen LogP contribution is 2.42. The minimum absolute atomic E-state index is 0.0324. The van der Waals surface area contributed by atoms with Crippen LogP contribution in [0.15, 0.2) is 29.6 Å². The minimum atomic E-state index is -0.131. The van der Waals surface area contributed by atoms with E-state index in [-0.39, 0.29) is 23.7 Å². The van der Waals surface area contributed by atoms with Crippen LogP contribution in [0.3, 0.4) is 0 Å². The summed E-state index contributed by atoms with van der Waals surface area (Å²) in [7, 11) is 0. The molecular formula is C17H17N3O2S. The molecule has 0 radical (unpaired) electrons. The number of carbonyl (C=O) groups excluding carboxylic acids is 2. The number of fused-ring (bicyclic) bond motifs is 1. The van der Waals surface area contributed by atoms with Crippen molar-refractivity contribution in [3.63, 3.8) is 0 Å². The first-order valence-corrected chi connectivity index (χ1v) is 8.74. The van der Waals surface area contributed by atoms with Crippen LogP contribution in [-0.2, 0) is 9.59 Å². The SMILES string of the molecule is C[C@H]1CC[C@@H]2C(=O)N(c3ccc(-c4csnn4)cc3)C(=O)[C@@H]2C1. The summed E-state index contributed by atoms with van der Waals surface area (Å²) in [5.41, 5.74) is 2.41. The quantitative estimate of drug-likeness (QED) is 0.795. The van der Waals surface area contributed by atoms with Crippen molar-refractivity contribution < 1.29 is 9.59 Å². The van der Waals surface area contributed by atoms with E-state index in [0.29, 0.717) is 11.6 Å². The Labute approximate surface area is 138 Å². The third-order valence-electron chi connectivity index (χ3n) is 4.97. The average Bonchev–Trinajstić information content (AvgIpc) is 3.16. The average molecular weight is 327 g/mol. The van der Waals surface area contributed by atoms with E-state index in [9.17, 15) is 9.59 Å². The summed E-state index contributed by atoms with van der Waals surface area (Å²) in [5.74, 6) is 0.201. The first-order chi connectivity index (χ1) is 11.1. The summed E-state index contributed by atoms with van der Waals surface area (Å²) in [5, 5.41) is 5.90. The van der Waals surface area contributed by atoms with E-state index in [0.717, 1.165) is 30.5 Å². The molecule has 0 spiro atoms. The maximum Gasteiger partial charge on any atom is 0.237 e. The Hall–Kier alpha value is -2.08. The van der Waals surface area contributed by atoms with E-state index >= 15 is 0 Å². The first-order valence-electron chi connectivity index (χ1n) is 7.90. The van der Waals surface area contributed by atoms with E-state index < -0.39 is 0 Å². The normalized spacial score (nSPS) is 27.3. The maximum absolute atomic E-state index is 12.7. The predicted octanol–water partition coefficient (Wildman–Crippen LogP) is 3.13. The van der Waals surface area contributed by atoms with E-state index in [2.05, 4.69) is 16.5 Å². The zero-order chi connectivity index (χ0) is 16.0. The molecule has 0 unspecified atom stereocenters. The Morgan fingerprint density at radius 2 is 1.83 bits per heavy atom. The Kier molecular flexibility index (Phi) is 3.49. The molecule has 2 amide bonds. The molecule has 1 aromatic heterocycles. The lowest BCUT2D eigenvalue weighted by Crippen LogP contribution is -2.30. The lowest BCUT2D eigenvalue weighted by Gasteiger charge is -2.25. The molecule has 1 aliphatic carbocycles.